The number of hydrogen-bond acceptors (Lipinski definition) is 6. The molecule has 120 valence electrons. The van der Waals surface area contributed by atoms with Crippen LogP contribution < -0.4 is 11.1 Å². The van der Waals surface area contributed by atoms with Crippen molar-refractivity contribution >= 4 is 34.2 Å². The first-order valence-electron chi connectivity index (χ1n) is 7.18. The maximum atomic E-state index is 11.1. The monoisotopic (exact) mass is 321 g/mol. The molecular formula is C18H15N3O3. The van der Waals surface area contributed by atoms with E-state index in [2.05, 4.69) is 10.3 Å². The number of aromatic hydroxyl groups is 2. The Labute approximate surface area is 138 Å². The van der Waals surface area contributed by atoms with Crippen molar-refractivity contribution in [3.63, 3.8) is 0 Å². The van der Waals surface area contributed by atoms with E-state index in [1.54, 1.807) is 30.4 Å². The lowest BCUT2D eigenvalue weighted by Crippen LogP contribution is -1.99. The lowest BCUT2D eigenvalue weighted by Gasteiger charge is -2.11. The molecule has 6 nitrogen and oxygen atoms in total. The summed E-state index contributed by atoms with van der Waals surface area (Å²) in [6, 6.07) is 9.44. The van der Waals surface area contributed by atoms with Crippen molar-refractivity contribution < 1.29 is 15.0 Å². The molecule has 0 atom stereocenters. The molecule has 2 aromatic rings. The number of benzene rings is 2. The van der Waals surface area contributed by atoms with E-state index in [4.69, 9.17) is 5.73 Å². The van der Waals surface area contributed by atoms with E-state index in [0.29, 0.717) is 28.5 Å². The number of nitrogens with two attached hydrogens (primary N) is 1. The highest BCUT2D eigenvalue weighted by Gasteiger charge is 2.09. The molecule has 2 aromatic carbocycles. The predicted octanol–water partition coefficient (Wildman–Crippen LogP) is 3.19. The standard InChI is InChI=1S/C18H15N3O3/c19-15-9-18(24)17(21-12-3-7-14(23)8-4-12)10-16(15)20-11-1-5-13(22)6-2-11/h1-10,21,23-24H,19H2. The average molecular weight is 321 g/mol. The molecule has 3 rings (SSSR count). The van der Waals surface area contributed by atoms with Crippen LogP contribution in [-0.4, -0.2) is 21.7 Å². The summed E-state index contributed by atoms with van der Waals surface area (Å²) >= 11 is 0. The maximum absolute atomic E-state index is 11.1. The molecule has 0 heterocycles. The van der Waals surface area contributed by atoms with Crippen LogP contribution in [0.2, 0.25) is 0 Å². The van der Waals surface area contributed by atoms with Crippen LogP contribution in [0.25, 0.3) is 0 Å². The first kappa shape index (κ1) is 15.4. The van der Waals surface area contributed by atoms with Crippen LogP contribution in [-0.2, 0) is 4.79 Å². The van der Waals surface area contributed by atoms with Gasteiger partial charge in [0.2, 0.25) is 0 Å². The summed E-state index contributed by atoms with van der Waals surface area (Å²) < 4.78 is 0. The molecular weight excluding hydrogens is 306 g/mol. The number of phenols is 2. The summed E-state index contributed by atoms with van der Waals surface area (Å²) in [4.78, 5) is 15.5. The Bertz CT molecular complexity index is 863. The van der Waals surface area contributed by atoms with E-state index >= 15 is 0 Å². The molecule has 0 aromatic heterocycles. The number of nitrogens with one attached hydrogen (secondary N) is 1. The normalized spacial score (nSPS) is 13.2. The number of carbonyl (C=O) groups excluding carboxylic acids is 1. The molecule has 1 aliphatic carbocycles. The SMILES string of the molecule is Nc1cc(O)c(Nc2ccc(O)cc2)cc1N=C1C=CC(=O)C=C1. The van der Waals surface area contributed by atoms with Crippen molar-refractivity contribution in [3.8, 4) is 11.5 Å². The highest BCUT2D eigenvalue weighted by atomic mass is 16.3. The minimum atomic E-state index is -0.0951. The predicted molar refractivity (Wildman–Crippen MR) is 94.3 cm³/mol. The van der Waals surface area contributed by atoms with Crippen LogP contribution in [0.3, 0.4) is 0 Å². The second-order valence-electron chi connectivity index (χ2n) is 5.21. The minimum Gasteiger partial charge on any atom is -0.508 e. The fraction of sp³-hybridized carbons (Fsp3) is 0. The molecule has 0 saturated carbocycles. The number of allylic oxidation sites excluding steroid dienone is 4. The number of carbonyl (C=O) groups is 1. The molecule has 0 amide bonds. The van der Waals surface area contributed by atoms with Gasteiger partial charge in [-0.2, -0.15) is 0 Å². The second-order valence-corrected chi connectivity index (χ2v) is 5.21. The van der Waals surface area contributed by atoms with Crippen molar-refractivity contribution in [2.75, 3.05) is 11.1 Å². The lowest BCUT2D eigenvalue weighted by atomic mass is 10.1. The largest absolute Gasteiger partial charge is 0.508 e. The van der Waals surface area contributed by atoms with Gasteiger partial charge in [-0.3, -0.25) is 4.79 Å². The minimum absolute atomic E-state index is 0.0190. The van der Waals surface area contributed by atoms with E-state index in [9.17, 15) is 15.0 Å². The number of anilines is 3. The molecule has 0 radical (unpaired) electrons. The molecule has 0 spiro atoms. The second kappa shape index (κ2) is 6.29. The summed E-state index contributed by atoms with van der Waals surface area (Å²) in [6.07, 6.45) is 6.04. The molecule has 0 saturated heterocycles. The first-order valence-corrected chi connectivity index (χ1v) is 7.18. The Morgan fingerprint density at radius 1 is 0.958 bits per heavy atom. The molecule has 0 bridgehead atoms. The fourth-order valence-corrected chi connectivity index (χ4v) is 2.15. The number of aliphatic imine (C=N–C) groups is 1. The van der Waals surface area contributed by atoms with Gasteiger partial charge in [-0.15, -0.1) is 0 Å². The van der Waals surface area contributed by atoms with Crippen molar-refractivity contribution in [2.45, 2.75) is 0 Å². The molecule has 0 unspecified atom stereocenters. The summed E-state index contributed by atoms with van der Waals surface area (Å²) in [5.41, 5.74) is 8.39. The fourth-order valence-electron chi connectivity index (χ4n) is 2.15. The van der Waals surface area contributed by atoms with Gasteiger partial charge in [-0.1, -0.05) is 0 Å². The maximum Gasteiger partial charge on any atom is 0.178 e. The first-order chi connectivity index (χ1) is 11.5. The third-order valence-corrected chi connectivity index (χ3v) is 3.38. The van der Waals surface area contributed by atoms with E-state index in [-0.39, 0.29) is 17.3 Å². The molecule has 5 N–H and O–H groups in total. The van der Waals surface area contributed by atoms with Gasteiger partial charge in [-0.25, -0.2) is 4.99 Å². The van der Waals surface area contributed by atoms with Gasteiger partial charge >= 0.3 is 0 Å². The van der Waals surface area contributed by atoms with E-state index in [1.165, 1.54) is 30.4 Å². The van der Waals surface area contributed by atoms with Crippen molar-refractivity contribution in [1.29, 1.82) is 0 Å². The number of nitrogen functional groups attached to an aromatic ring is 1. The topological polar surface area (TPSA) is 108 Å². The zero-order chi connectivity index (χ0) is 17.1. The number of rotatable bonds is 3. The van der Waals surface area contributed by atoms with Gasteiger partial charge < -0.3 is 21.3 Å². The number of hydrogen-bond donors (Lipinski definition) is 4. The smallest absolute Gasteiger partial charge is 0.178 e. The highest BCUT2D eigenvalue weighted by molar-refractivity contribution is 6.17. The Kier molecular flexibility index (Phi) is 4.03. The van der Waals surface area contributed by atoms with Crippen LogP contribution >= 0.6 is 0 Å². The lowest BCUT2D eigenvalue weighted by molar-refractivity contribution is -0.110. The van der Waals surface area contributed by atoms with Gasteiger partial charge in [-0.05, 0) is 54.6 Å². The van der Waals surface area contributed by atoms with Crippen molar-refractivity contribution in [2.24, 2.45) is 4.99 Å². The Morgan fingerprint density at radius 3 is 2.29 bits per heavy atom. The Balaban J connectivity index is 1.92. The Morgan fingerprint density at radius 2 is 1.62 bits per heavy atom. The van der Waals surface area contributed by atoms with E-state index in [1.807, 2.05) is 0 Å². The summed E-state index contributed by atoms with van der Waals surface area (Å²) in [6.45, 7) is 0. The van der Waals surface area contributed by atoms with Gasteiger partial charge in [0.15, 0.2) is 5.78 Å². The number of phenolic OH excluding ortho intramolecular Hbond substituents is 2. The quantitative estimate of drug-likeness (QED) is 0.300. The van der Waals surface area contributed by atoms with E-state index < -0.39 is 0 Å². The van der Waals surface area contributed by atoms with Crippen molar-refractivity contribution in [1.82, 2.24) is 0 Å². The van der Waals surface area contributed by atoms with Gasteiger partial charge in [0.05, 0.1) is 22.8 Å². The van der Waals surface area contributed by atoms with Crippen molar-refractivity contribution in [3.05, 3.63) is 60.7 Å². The molecule has 0 fully saturated rings. The van der Waals surface area contributed by atoms with E-state index in [0.717, 1.165) is 0 Å². The molecule has 1 aliphatic rings. The number of nitrogens with zero attached hydrogens (tertiary/aromatic N) is 1. The van der Waals surface area contributed by atoms with Crippen LogP contribution in [0.5, 0.6) is 11.5 Å². The van der Waals surface area contributed by atoms with Crippen LogP contribution in [0, 0.1) is 0 Å². The molecule has 0 aliphatic heterocycles. The van der Waals surface area contributed by atoms with Crippen LogP contribution in [0.4, 0.5) is 22.7 Å². The summed E-state index contributed by atoms with van der Waals surface area (Å²) in [7, 11) is 0. The van der Waals surface area contributed by atoms with Crippen LogP contribution in [0.1, 0.15) is 0 Å². The van der Waals surface area contributed by atoms with Crippen LogP contribution in [0.15, 0.2) is 65.7 Å². The molecule has 6 heteroatoms. The zero-order valence-corrected chi connectivity index (χ0v) is 12.6. The molecule has 24 heavy (non-hydrogen) atoms. The third kappa shape index (κ3) is 3.44. The summed E-state index contributed by atoms with van der Waals surface area (Å²) in [5, 5.41) is 22.4. The average Bonchev–Trinajstić information content (AvgIpc) is 2.56. The third-order valence-electron chi connectivity index (χ3n) is 3.38. The van der Waals surface area contributed by atoms with Gasteiger partial charge in [0.25, 0.3) is 0 Å². The summed E-state index contributed by atoms with van der Waals surface area (Å²) in [5.74, 6) is 0.0383. The number of ketones is 1. The van der Waals surface area contributed by atoms with Gasteiger partial charge in [0.1, 0.15) is 11.5 Å². The Hall–Kier alpha value is -3.54. The van der Waals surface area contributed by atoms with Gasteiger partial charge in [0, 0.05) is 11.8 Å². The zero-order valence-electron chi connectivity index (χ0n) is 12.6. The highest BCUT2D eigenvalue weighted by Crippen LogP contribution is 2.36.